The SMILES string of the molecule is CN(CCN1CCCC1)C(=O)c1ccc([N+](=O)[O-])c(N)c1. The second-order valence-corrected chi connectivity index (χ2v) is 5.31. The summed E-state index contributed by atoms with van der Waals surface area (Å²) in [6.45, 7) is 3.67. The van der Waals surface area contributed by atoms with Crippen molar-refractivity contribution in [2.45, 2.75) is 12.8 Å². The first-order chi connectivity index (χ1) is 9.99. The molecule has 0 bridgehead atoms. The molecule has 2 N–H and O–H groups in total. The quantitative estimate of drug-likeness (QED) is 0.502. The number of nitrogen functional groups attached to an aromatic ring is 1. The van der Waals surface area contributed by atoms with Gasteiger partial charge < -0.3 is 15.5 Å². The molecule has 0 saturated carbocycles. The Morgan fingerprint density at radius 2 is 2.10 bits per heavy atom. The van der Waals surface area contributed by atoms with E-state index in [9.17, 15) is 14.9 Å². The molecule has 1 amide bonds. The van der Waals surface area contributed by atoms with E-state index in [1.165, 1.54) is 31.0 Å². The molecule has 0 radical (unpaired) electrons. The van der Waals surface area contributed by atoms with Crippen molar-refractivity contribution in [2.75, 3.05) is 39.0 Å². The summed E-state index contributed by atoms with van der Waals surface area (Å²) in [5, 5.41) is 10.7. The molecule has 1 aliphatic heterocycles. The lowest BCUT2D eigenvalue weighted by atomic mass is 10.1. The minimum Gasteiger partial charge on any atom is -0.393 e. The summed E-state index contributed by atoms with van der Waals surface area (Å²) in [5.41, 5.74) is 5.83. The topological polar surface area (TPSA) is 92.7 Å². The zero-order valence-corrected chi connectivity index (χ0v) is 12.1. The fraction of sp³-hybridized carbons (Fsp3) is 0.500. The lowest BCUT2D eigenvalue weighted by Crippen LogP contribution is -2.35. The Kier molecular flexibility index (Phi) is 4.74. The second kappa shape index (κ2) is 6.53. The second-order valence-electron chi connectivity index (χ2n) is 5.31. The molecule has 21 heavy (non-hydrogen) atoms. The van der Waals surface area contributed by atoms with E-state index in [1.54, 1.807) is 11.9 Å². The van der Waals surface area contributed by atoms with Crippen molar-refractivity contribution in [1.82, 2.24) is 9.80 Å². The number of anilines is 1. The molecule has 0 atom stereocenters. The Balaban J connectivity index is 1.98. The molecular weight excluding hydrogens is 272 g/mol. The van der Waals surface area contributed by atoms with Gasteiger partial charge >= 0.3 is 0 Å². The summed E-state index contributed by atoms with van der Waals surface area (Å²) in [7, 11) is 1.73. The van der Waals surface area contributed by atoms with Gasteiger partial charge in [0.15, 0.2) is 0 Å². The largest absolute Gasteiger partial charge is 0.393 e. The predicted octanol–water partition coefficient (Wildman–Crippen LogP) is 1.34. The maximum atomic E-state index is 12.3. The molecule has 0 aliphatic carbocycles. The number of carbonyl (C=O) groups is 1. The van der Waals surface area contributed by atoms with Gasteiger partial charge in [-0.2, -0.15) is 0 Å². The number of amides is 1. The highest BCUT2D eigenvalue weighted by Crippen LogP contribution is 2.22. The number of likely N-dealkylation sites (N-methyl/N-ethyl adjacent to an activating group) is 1. The number of carbonyl (C=O) groups excluding carboxylic acids is 1. The standard InChI is InChI=1S/C14H20N4O3/c1-16(8-9-17-6-2-3-7-17)14(19)11-4-5-13(18(20)21)12(15)10-11/h4-5,10H,2-3,6-9,15H2,1H3. The van der Waals surface area contributed by atoms with Crippen LogP contribution in [0.15, 0.2) is 18.2 Å². The Hall–Kier alpha value is -2.15. The van der Waals surface area contributed by atoms with Crippen LogP contribution in [0.1, 0.15) is 23.2 Å². The number of nitrogens with zero attached hydrogens (tertiary/aromatic N) is 3. The van der Waals surface area contributed by atoms with Gasteiger partial charge in [-0.25, -0.2) is 0 Å². The molecule has 1 aromatic rings. The number of likely N-dealkylation sites (tertiary alicyclic amines) is 1. The fourth-order valence-corrected chi connectivity index (χ4v) is 2.47. The first-order valence-electron chi connectivity index (χ1n) is 7.01. The van der Waals surface area contributed by atoms with Crippen LogP contribution < -0.4 is 5.73 Å². The molecule has 7 nitrogen and oxygen atoms in total. The minimum atomic E-state index is -0.555. The zero-order chi connectivity index (χ0) is 15.4. The highest BCUT2D eigenvalue weighted by atomic mass is 16.6. The van der Waals surface area contributed by atoms with Crippen LogP contribution in [-0.2, 0) is 0 Å². The zero-order valence-electron chi connectivity index (χ0n) is 12.1. The summed E-state index contributed by atoms with van der Waals surface area (Å²) in [4.78, 5) is 26.4. The van der Waals surface area contributed by atoms with E-state index in [0.717, 1.165) is 19.6 Å². The number of hydrogen-bond donors (Lipinski definition) is 1. The maximum absolute atomic E-state index is 12.3. The fourth-order valence-electron chi connectivity index (χ4n) is 2.47. The Labute approximate surface area is 123 Å². The van der Waals surface area contributed by atoms with E-state index >= 15 is 0 Å². The van der Waals surface area contributed by atoms with Crippen molar-refractivity contribution < 1.29 is 9.72 Å². The molecule has 114 valence electrons. The molecule has 1 heterocycles. The molecule has 0 unspecified atom stereocenters. The van der Waals surface area contributed by atoms with Crippen LogP contribution >= 0.6 is 0 Å². The monoisotopic (exact) mass is 292 g/mol. The van der Waals surface area contributed by atoms with Gasteiger partial charge in [-0.3, -0.25) is 14.9 Å². The molecule has 1 aliphatic rings. The first-order valence-corrected chi connectivity index (χ1v) is 7.01. The average molecular weight is 292 g/mol. The lowest BCUT2D eigenvalue weighted by Gasteiger charge is -2.21. The molecular formula is C14H20N4O3. The highest BCUT2D eigenvalue weighted by Gasteiger charge is 2.18. The predicted molar refractivity (Wildman–Crippen MR) is 80.1 cm³/mol. The Morgan fingerprint density at radius 1 is 1.43 bits per heavy atom. The van der Waals surface area contributed by atoms with E-state index in [2.05, 4.69) is 4.90 Å². The minimum absolute atomic E-state index is 0.0128. The van der Waals surface area contributed by atoms with E-state index in [1.807, 2.05) is 0 Å². The van der Waals surface area contributed by atoms with Gasteiger partial charge in [-0.05, 0) is 38.1 Å². The first kappa shape index (κ1) is 15.2. The summed E-state index contributed by atoms with van der Waals surface area (Å²) in [6.07, 6.45) is 2.44. The van der Waals surface area contributed by atoms with Crippen molar-refractivity contribution in [3.63, 3.8) is 0 Å². The summed E-state index contributed by atoms with van der Waals surface area (Å²) in [5.74, 6) is -0.171. The maximum Gasteiger partial charge on any atom is 0.292 e. The van der Waals surface area contributed by atoms with Gasteiger partial charge in [0, 0.05) is 31.8 Å². The van der Waals surface area contributed by atoms with E-state index in [4.69, 9.17) is 5.73 Å². The normalized spacial score (nSPS) is 15.1. The van der Waals surface area contributed by atoms with Crippen LogP contribution in [0, 0.1) is 10.1 Å². The van der Waals surface area contributed by atoms with Gasteiger partial charge in [-0.15, -0.1) is 0 Å². The smallest absolute Gasteiger partial charge is 0.292 e. The number of nitrogens with two attached hydrogens (primary N) is 1. The molecule has 0 aromatic heterocycles. The lowest BCUT2D eigenvalue weighted by molar-refractivity contribution is -0.383. The van der Waals surface area contributed by atoms with Crippen molar-refractivity contribution in [3.05, 3.63) is 33.9 Å². The van der Waals surface area contributed by atoms with Crippen molar-refractivity contribution >= 4 is 17.3 Å². The molecule has 2 rings (SSSR count). The van der Waals surface area contributed by atoms with Gasteiger partial charge in [-0.1, -0.05) is 0 Å². The molecule has 0 spiro atoms. The van der Waals surface area contributed by atoms with Crippen LogP contribution in [0.25, 0.3) is 0 Å². The van der Waals surface area contributed by atoms with Crippen molar-refractivity contribution in [2.24, 2.45) is 0 Å². The Bertz CT molecular complexity index is 541. The Morgan fingerprint density at radius 3 is 2.67 bits per heavy atom. The van der Waals surface area contributed by atoms with Crippen LogP contribution in [0.3, 0.4) is 0 Å². The third-order valence-electron chi connectivity index (χ3n) is 3.77. The van der Waals surface area contributed by atoms with Crippen LogP contribution in [0.5, 0.6) is 0 Å². The molecule has 1 aromatic carbocycles. The number of nitro benzene ring substituents is 1. The molecule has 7 heteroatoms. The number of rotatable bonds is 5. The van der Waals surface area contributed by atoms with Crippen molar-refractivity contribution in [3.8, 4) is 0 Å². The average Bonchev–Trinajstić information content (AvgIpc) is 2.96. The van der Waals surface area contributed by atoms with E-state index < -0.39 is 4.92 Å². The highest BCUT2D eigenvalue weighted by molar-refractivity contribution is 5.95. The number of nitro groups is 1. The van der Waals surface area contributed by atoms with Crippen LogP contribution in [-0.4, -0.2) is 53.9 Å². The third kappa shape index (κ3) is 3.69. The number of benzene rings is 1. The van der Waals surface area contributed by atoms with Gasteiger partial charge in [0.25, 0.3) is 11.6 Å². The summed E-state index contributed by atoms with van der Waals surface area (Å²) >= 11 is 0. The van der Waals surface area contributed by atoms with Crippen LogP contribution in [0.4, 0.5) is 11.4 Å². The van der Waals surface area contributed by atoms with Crippen molar-refractivity contribution in [1.29, 1.82) is 0 Å². The molecule has 1 saturated heterocycles. The van der Waals surface area contributed by atoms with Gasteiger partial charge in [0.1, 0.15) is 5.69 Å². The van der Waals surface area contributed by atoms with E-state index in [-0.39, 0.29) is 17.3 Å². The third-order valence-corrected chi connectivity index (χ3v) is 3.77. The van der Waals surface area contributed by atoms with E-state index in [0.29, 0.717) is 12.1 Å². The summed E-state index contributed by atoms with van der Waals surface area (Å²) in [6, 6.07) is 4.09. The van der Waals surface area contributed by atoms with Gasteiger partial charge in [0.2, 0.25) is 0 Å². The number of hydrogen-bond acceptors (Lipinski definition) is 5. The summed E-state index contributed by atoms with van der Waals surface area (Å²) < 4.78 is 0. The molecule has 1 fully saturated rings. The van der Waals surface area contributed by atoms with Crippen LogP contribution in [0.2, 0.25) is 0 Å². The van der Waals surface area contributed by atoms with Gasteiger partial charge in [0.05, 0.1) is 4.92 Å².